The largest absolute Gasteiger partial charge is 0.495 e. The number of piperazine rings is 1. The van der Waals surface area contributed by atoms with E-state index in [1.54, 1.807) is 19.5 Å². The molecular weight excluding hydrogens is 370 g/mol. The van der Waals surface area contributed by atoms with Gasteiger partial charge in [-0.2, -0.15) is 0 Å². The fourth-order valence-electron chi connectivity index (χ4n) is 3.76. The molecule has 3 heterocycles. The first-order valence-electron chi connectivity index (χ1n) is 10.1. The molecule has 0 saturated carbocycles. The monoisotopic (exact) mass is 397 g/mol. The fourth-order valence-corrected chi connectivity index (χ4v) is 3.76. The number of ether oxygens (including phenoxy) is 2. The van der Waals surface area contributed by atoms with Gasteiger partial charge in [0.1, 0.15) is 5.75 Å². The molecular formula is C21H27N5O3. The predicted octanol–water partition coefficient (Wildman–Crippen LogP) is 2.04. The Labute approximate surface area is 170 Å². The Morgan fingerprint density at radius 1 is 1.21 bits per heavy atom. The molecule has 2 aliphatic rings. The lowest BCUT2D eigenvalue weighted by Crippen LogP contribution is -2.48. The van der Waals surface area contributed by atoms with Crippen molar-refractivity contribution < 1.29 is 14.3 Å². The van der Waals surface area contributed by atoms with Gasteiger partial charge in [-0.05, 0) is 25.0 Å². The number of benzene rings is 1. The Morgan fingerprint density at radius 3 is 2.66 bits per heavy atom. The Balaban J connectivity index is 1.31. The van der Waals surface area contributed by atoms with Crippen LogP contribution in [0.1, 0.15) is 23.2 Å². The van der Waals surface area contributed by atoms with Crippen LogP contribution in [0.2, 0.25) is 0 Å². The summed E-state index contributed by atoms with van der Waals surface area (Å²) in [6.45, 7) is 4.33. The van der Waals surface area contributed by atoms with Gasteiger partial charge in [0, 0.05) is 51.7 Å². The van der Waals surface area contributed by atoms with Gasteiger partial charge in [0.25, 0.3) is 5.91 Å². The van der Waals surface area contributed by atoms with E-state index in [1.165, 1.54) is 0 Å². The smallest absolute Gasteiger partial charge is 0.257 e. The zero-order chi connectivity index (χ0) is 20.1. The third kappa shape index (κ3) is 4.59. The summed E-state index contributed by atoms with van der Waals surface area (Å²) in [5.74, 6) is 1.35. The first-order chi connectivity index (χ1) is 14.2. The number of anilines is 2. The Bertz CT molecular complexity index is 815. The van der Waals surface area contributed by atoms with E-state index in [0.717, 1.165) is 44.0 Å². The molecule has 2 aromatic rings. The van der Waals surface area contributed by atoms with Crippen molar-refractivity contribution in [3.05, 3.63) is 42.2 Å². The number of nitrogens with zero attached hydrogens (tertiary/aromatic N) is 4. The molecule has 4 rings (SSSR count). The fraction of sp³-hybridized carbons (Fsp3) is 0.476. The van der Waals surface area contributed by atoms with E-state index in [2.05, 4.69) is 20.2 Å². The molecule has 2 aliphatic heterocycles. The second-order valence-corrected chi connectivity index (χ2v) is 7.26. The van der Waals surface area contributed by atoms with Gasteiger partial charge < -0.3 is 24.6 Å². The van der Waals surface area contributed by atoms with E-state index in [9.17, 15) is 4.79 Å². The van der Waals surface area contributed by atoms with Gasteiger partial charge in [-0.15, -0.1) is 0 Å². The van der Waals surface area contributed by atoms with E-state index >= 15 is 0 Å². The minimum Gasteiger partial charge on any atom is -0.495 e. The van der Waals surface area contributed by atoms with Gasteiger partial charge in [0.15, 0.2) is 0 Å². The molecule has 8 nitrogen and oxygen atoms in total. The molecule has 1 N–H and O–H groups in total. The molecule has 0 radical (unpaired) electrons. The summed E-state index contributed by atoms with van der Waals surface area (Å²) in [7, 11) is 1.68. The van der Waals surface area contributed by atoms with Crippen LogP contribution in [-0.2, 0) is 4.74 Å². The van der Waals surface area contributed by atoms with Crippen molar-refractivity contribution in [2.24, 2.45) is 0 Å². The number of methoxy groups -OCH3 is 1. The number of hydrogen-bond acceptors (Lipinski definition) is 7. The maximum absolute atomic E-state index is 12.8. The second kappa shape index (κ2) is 9.09. The summed E-state index contributed by atoms with van der Waals surface area (Å²) < 4.78 is 11.0. The predicted molar refractivity (Wildman–Crippen MR) is 111 cm³/mol. The Morgan fingerprint density at radius 2 is 1.97 bits per heavy atom. The Kier molecular flexibility index (Phi) is 6.09. The molecule has 1 aromatic carbocycles. The highest BCUT2D eigenvalue weighted by Crippen LogP contribution is 2.28. The highest BCUT2D eigenvalue weighted by molar-refractivity contribution is 5.93. The summed E-state index contributed by atoms with van der Waals surface area (Å²) in [5, 5.41) is 3.18. The first kappa shape index (κ1) is 19.4. The number of hydrogen-bond donors (Lipinski definition) is 1. The molecule has 2 fully saturated rings. The minimum atomic E-state index is -0.0321. The maximum atomic E-state index is 12.8. The number of rotatable bonds is 6. The summed E-state index contributed by atoms with van der Waals surface area (Å²) >= 11 is 0. The molecule has 0 bridgehead atoms. The summed E-state index contributed by atoms with van der Waals surface area (Å²) in [6, 6.07) is 7.97. The lowest BCUT2D eigenvalue weighted by atomic mass is 10.2. The lowest BCUT2D eigenvalue weighted by Gasteiger charge is -2.36. The molecule has 1 aromatic heterocycles. The topological polar surface area (TPSA) is 79.8 Å². The zero-order valence-corrected chi connectivity index (χ0v) is 16.7. The number of aromatic nitrogens is 2. The molecule has 0 aliphatic carbocycles. The van der Waals surface area contributed by atoms with E-state index in [4.69, 9.17) is 9.47 Å². The minimum absolute atomic E-state index is 0.0321. The van der Waals surface area contributed by atoms with Crippen molar-refractivity contribution >= 4 is 17.5 Å². The van der Waals surface area contributed by atoms with Crippen LogP contribution >= 0.6 is 0 Å². The van der Waals surface area contributed by atoms with Gasteiger partial charge in [0.05, 0.1) is 24.5 Å². The van der Waals surface area contributed by atoms with Crippen molar-refractivity contribution in [3.63, 3.8) is 0 Å². The SMILES string of the molecule is COc1ccccc1N1CCN(C(=O)c2cnc(NCC3CCCO3)nc2)CC1. The van der Waals surface area contributed by atoms with Crippen LogP contribution in [0.5, 0.6) is 5.75 Å². The van der Waals surface area contributed by atoms with Crippen LogP contribution in [0.4, 0.5) is 11.6 Å². The zero-order valence-electron chi connectivity index (χ0n) is 16.7. The summed E-state index contributed by atoms with van der Waals surface area (Å²) in [4.78, 5) is 25.5. The van der Waals surface area contributed by atoms with Crippen molar-refractivity contribution in [2.45, 2.75) is 18.9 Å². The number of carbonyl (C=O) groups excluding carboxylic acids is 1. The lowest BCUT2D eigenvalue weighted by molar-refractivity contribution is 0.0746. The van der Waals surface area contributed by atoms with Crippen LogP contribution in [0.3, 0.4) is 0 Å². The standard InChI is InChI=1S/C21H27N5O3/c1-28-19-7-3-2-6-18(19)25-8-10-26(11-9-25)20(27)16-13-22-21(23-14-16)24-15-17-5-4-12-29-17/h2-3,6-7,13-14,17H,4-5,8-12,15H2,1H3,(H,22,23,24). The van der Waals surface area contributed by atoms with E-state index in [1.807, 2.05) is 29.2 Å². The van der Waals surface area contributed by atoms with Crippen molar-refractivity contribution in [3.8, 4) is 5.75 Å². The average Bonchev–Trinajstić information content (AvgIpc) is 3.31. The van der Waals surface area contributed by atoms with Crippen LogP contribution in [0.15, 0.2) is 36.7 Å². The summed E-state index contributed by atoms with van der Waals surface area (Å²) in [5.41, 5.74) is 1.57. The number of para-hydroxylation sites is 2. The molecule has 154 valence electrons. The second-order valence-electron chi connectivity index (χ2n) is 7.26. The average molecular weight is 397 g/mol. The quantitative estimate of drug-likeness (QED) is 0.799. The number of carbonyl (C=O) groups is 1. The van der Waals surface area contributed by atoms with E-state index in [0.29, 0.717) is 31.1 Å². The van der Waals surface area contributed by atoms with Gasteiger partial charge in [0.2, 0.25) is 5.95 Å². The van der Waals surface area contributed by atoms with Crippen LogP contribution in [0.25, 0.3) is 0 Å². The Hall–Kier alpha value is -2.87. The van der Waals surface area contributed by atoms with E-state index < -0.39 is 0 Å². The van der Waals surface area contributed by atoms with Gasteiger partial charge in [-0.3, -0.25) is 4.79 Å². The molecule has 1 unspecified atom stereocenters. The van der Waals surface area contributed by atoms with Crippen molar-refractivity contribution in [2.75, 3.05) is 56.7 Å². The number of nitrogens with one attached hydrogen (secondary N) is 1. The van der Waals surface area contributed by atoms with Crippen molar-refractivity contribution in [1.29, 1.82) is 0 Å². The normalized spacial score (nSPS) is 19.3. The third-order valence-corrected chi connectivity index (χ3v) is 5.40. The van der Waals surface area contributed by atoms with E-state index in [-0.39, 0.29) is 12.0 Å². The maximum Gasteiger partial charge on any atom is 0.257 e. The molecule has 0 spiro atoms. The first-order valence-corrected chi connectivity index (χ1v) is 10.1. The van der Waals surface area contributed by atoms with Crippen LogP contribution in [0, 0.1) is 0 Å². The highest BCUT2D eigenvalue weighted by Gasteiger charge is 2.24. The molecule has 29 heavy (non-hydrogen) atoms. The van der Waals surface area contributed by atoms with Crippen molar-refractivity contribution in [1.82, 2.24) is 14.9 Å². The van der Waals surface area contributed by atoms with Crippen LogP contribution in [-0.4, -0.2) is 73.3 Å². The van der Waals surface area contributed by atoms with Gasteiger partial charge in [-0.25, -0.2) is 9.97 Å². The highest BCUT2D eigenvalue weighted by atomic mass is 16.5. The molecule has 2 saturated heterocycles. The molecule has 1 amide bonds. The summed E-state index contributed by atoms with van der Waals surface area (Å²) in [6.07, 6.45) is 5.58. The molecule has 1 atom stereocenters. The molecule has 8 heteroatoms. The third-order valence-electron chi connectivity index (χ3n) is 5.40. The van der Waals surface area contributed by atoms with Gasteiger partial charge in [-0.1, -0.05) is 12.1 Å². The van der Waals surface area contributed by atoms with Gasteiger partial charge >= 0.3 is 0 Å². The number of amides is 1. The van der Waals surface area contributed by atoms with Crippen LogP contribution < -0.4 is 15.0 Å².